The van der Waals surface area contributed by atoms with Crippen molar-refractivity contribution in [1.29, 1.82) is 0 Å². The van der Waals surface area contributed by atoms with Gasteiger partial charge in [-0.1, -0.05) is 24.3 Å². The van der Waals surface area contributed by atoms with Crippen molar-refractivity contribution in [2.24, 2.45) is 5.84 Å². The van der Waals surface area contributed by atoms with E-state index in [1.54, 1.807) is 23.8 Å². The smallest absolute Gasteiger partial charge is 0.251 e. The average Bonchev–Trinajstić information content (AvgIpc) is 2.49. The van der Waals surface area contributed by atoms with E-state index in [9.17, 15) is 9.59 Å². The van der Waals surface area contributed by atoms with Crippen LogP contribution in [0, 0.1) is 6.92 Å². The number of aromatic nitrogens is 1. The monoisotopic (exact) mass is 285 g/mol. The van der Waals surface area contributed by atoms with Gasteiger partial charge in [0.15, 0.2) is 0 Å². The maximum atomic E-state index is 11.8. The minimum atomic E-state index is -0.300. The second kappa shape index (κ2) is 6.37. The van der Waals surface area contributed by atoms with Crippen molar-refractivity contribution in [1.82, 2.24) is 9.99 Å². The molecule has 0 bridgehead atoms. The molecule has 0 fully saturated rings. The number of carbonyl (C=O) groups excluding carboxylic acids is 1. The summed E-state index contributed by atoms with van der Waals surface area (Å²) in [5.41, 5.74) is 4.97. The summed E-state index contributed by atoms with van der Waals surface area (Å²) < 4.78 is 1.65. The highest BCUT2D eigenvalue weighted by atomic mass is 16.2. The topological polar surface area (TPSA) is 77.1 Å². The molecular weight excluding hydrogens is 266 g/mol. The number of hydrogen-bond acceptors (Lipinski definition) is 3. The van der Waals surface area contributed by atoms with Crippen molar-refractivity contribution >= 4 is 5.91 Å². The Labute approximate surface area is 123 Å². The largest absolute Gasteiger partial charge is 0.311 e. The molecular formula is C16H19N3O2. The second-order valence-corrected chi connectivity index (χ2v) is 5.14. The Hall–Kier alpha value is -2.40. The first-order valence-corrected chi connectivity index (χ1v) is 6.77. The van der Waals surface area contributed by atoms with E-state index in [2.05, 4.69) is 5.43 Å². The SMILES string of the molecule is Cc1ccn(Cc2ccc(C(C)C(=O)NN)cc2)c(=O)c1. The number of hydrazine groups is 1. The molecule has 0 saturated carbocycles. The second-order valence-electron chi connectivity index (χ2n) is 5.14. The number of rotatable bonds is 4. The van der Waals surface area contributed by atoms with Gasteiger partial charge in [-0.3, -0.25) is 15.0 Å². The molecule has 0 aliphatic heterocycles. The summed E-state index contributed by atoms with van der Waals surface area (Å²) in [5, 5.41) is 0. The lowest BCUT2D eigenvalue weighted by Gasteiger charge is -2.11. The first-order valence-electron chi connectivity index (χ1n) is 6.77. The highest BCUT2D eigenvalue weighted by Gasteiger charge is 2.13. The molecule has 1 atom stereocenters. The first-order chi connectivity index (χ1) is 10.0. The summed E-state index contributed by atoms with van der Waals surface area (Å²) in [6.07, 6.45) is 1.79. The van der Waals surface area contributed by atoms with Gasteiger partial charge in [0, 0.05) is 12.3 Å². The fraction of sp³-hybridized carbons (Fsp3) is 0.250. The van der Waals surface area contributed by atoms with Crippen LogP contribution in [-0.2, 0) is 11.3 Å². The summed E-state index contributed by atoms with van der Waals surface area (Å²) in [6.45, 7) is 4.20. The summed E-state index contributed by atoms with van der Waals surface area (Å²) in [7, 11) is 0. The van der Waals surface area contributed by atoms with Crippen molar-refractivity contribution in [2.45, 2.75) is 26.3 Å². The zero-order valence-electron chi connectivity index (χ0n) is 12.2. The standard InChI is InChI=1S/C16H19N3O2/c1-11-7-8-19(15(20)9-11)10-13-3-5-14(6-4-13)12(2)16(21)18-17/h3-9,12H,10,17H2,1-2H3,(H,18,21). The van der Waals surface area contributed by atoms with E-state index >= 15 is 0 Å². The number of aryl methyl sites for hydroxylation is 1. The van der Waals surface area contributed by atoms with E-state index in [0.29, 0.717) is 6.54 Å². The molecule has 0 aliphatic carbocycles. The van der Waals surface area contributed by atoms with Crippen molar-refractivity contribution in [2.75, 3.05) is 0 Å². The normalized spacial score (nSPS) is 12.0. The summed E-state index contributed by atoms with van der Waals surface area (Å²) in [5.74, 6) is 4.61. The van der Waals surface area contributed by atoms with Gasteiger partial charge in [-0.05, 0) is 36.6 Å². The molecule has 1 aromatic carbocycles. The lowest BCUT2D eigenvalue weighted by atomic mass is 9.99. The van der Waals surface area contributed by atoms with Crippen LogP contribution in [0.3, 0.4) is 0 Å². The quantitative estimate of drug-likeness (QED) is 0.505. The molecule has 1 unspecified atom stereocenters. The Balaban J connectivity index is 2.16. The van der Waals surface area contributed by atoms with Crippen LogP contribution in [0.5, 0.6) is 0 Å². The van der Waals surface area contributed by atoms with Crippen molar-refractivity contribution in [3.05, 3.63) is 69.6 Å². The fourth-order valence-corrected chi connectivity index (χ4v) is 2.12. The highest BCUT2D eigenvalue weighted by Crippen LogP contribution is 2.16. The molecule has 21 heavy (non-hydrogen) atoms. The third kappa shape index (κ3) is 3.58. The van der Waals surface area contributed by atoms with Gasteiger partial charge >= 0.3 is 0 Å². The van der Waals surface area contributed by atoms with Crippen LogP contribution in [-0.4, -0.2) is 10.5 Å². The maximum absolute atomic E-state index is 11.8. The Morgan fingerprint density at radius 2 is 1.95 bits per heavy atom. The van der Waals surface area contributed by atoms with Crippen LogP contribution >= 0.6 is 0 Å². The molecule has 2 aromatic rings. The Morgan fingerprint density at radius 1 is 1.29 bits per heavy atom. The molecule has 0 radical (unpaired) electrons. The number of nitrogens with two attached hydrogens (primary N) is 1. The molecule has 3 N–H and O–H groups in total. The number of nitrogens with one attached hydrogen (secondary N) is 1. The number of nitrogens with zero attached hydrogens (tertiary/aromatic N) is 1. The number of carbonyl (C=O) groups is 1. The van der Waals surface area contributed by atoms with E-state index < -0.39 is 0 Å². The Morgan fingerprint density at radius 3 is 2.52 bits per heavy atom. The van der Waals surface area contributed by atoms with E-state index in [1.807, 2.05) is 37.3 Å². The summed E-state index contributed by atoms with van der Waals surface area (Å²) >= 11 is 0. The van der Waals surface area contributed by atoms with E-state index in [-0.39, 0.29) is 17.4 Å². The van der Waals surface area contributed by atoms with Gasteiger partial charge in [0.05, 0.1) is 12.5 Å². The van der Waals surface area contributed by atoms with E-state index in [0.717, 1.165) is 16.7 Å². The lowest BCUT2D eigenvalue weighted by molar-refractivity contribution is -0.122. The number of hydrogen-bond donors (Lipinski definition) is 2. The molecule has 110 valence electrons. The molecule has 1 aromatic heterocycles. The van der Waals surface area contributed by atoms with Gasteiger partial charge < -0.3 is 4.57 Å². The van der Waals surface area contributed by atoms with E-state index in [1.165, 1.54) is 0 Å². The summed E-state index contributed by atoms with van der Waals surface area (Å²) in [6, 6.07) is 11.1. The van der Waals surface area contributed by atoms with E-state index in [4.69, 9.17) is 5.84 Å². The van der Waals surface area contributed by atoms with Crippen LogP contribution in [0.25, 0.3) is 0 Å². The predicted octanol–water partition coefficient (Wildman–Crippen LogP) is 1.30. The van der Waals surface area contributed by atoms with Gasteiger partial charge in [-0.25, -0.2) is 5.84 Å². The molecule has 0 spiro atoms. The molecule has 0 saturated heterocycles. The van der Waals surface area contributed by atoms with Crippen LogP contribution in [0.2, 0.25) is 0 Å². The Bertz CT molecular complexity index is 689. The molecule has 5 nitrogen and oxygen atoms in total. The third-order valence-corrected chi connectivity index (χ3v) is 3.52. The van der Waals surface area contributed by atoms with Crippen molar-refractivity contribution < 1.29 is 4.79 Å². The minimum Gasteiger partial charge on any atom is -0.311 e. The van der Waals surface area contributed by atoms with Gasteiger partial charge in [-0.2, -0.15) is 0 Å². The number of pyridine rings is 1. The lowest BCUT2D eigenvalue weighted by Crippen LogP contribution is -2.33. The van der Waals surface area contributed by atoms with Crippen LogP contribution in [0.15, 0.2) is 47.4 Å². The van der Waals surface area contributed by atoms with Gasteiger partial charge in [-0.15, -0.1) is 0 Å². The highest BCUT2D eigenvalue weighted by molar-refractivity contribution is 5.82. The zero-order chi connectivity index (χ0) is 15.4. The molecule has 1 amide bonds. The average molecular weight is 285 g/mol. The van der Waals surface area contributed by atoms with Gasteiger partial charge in [0.2, 0.25) is 5.91 Å². The van der Waals surface area contributed by atoms with Crippen LogP contribution < -0.4 is 16.8 Å². The van der Waals surface area contributed by atoms with Gasteiger partial charge in [0.25, 0.3) is 5.56 Å². The van der Waals surface area contributed by atoms with Gasteiger partial charge in [0.1, 0.15) is 0 Å². The Kier molecular flexibility index (Phi) is 4.55. The third-order valence-electron chi connectivity index (χ3n) is 3.52. The van der Waals surface area contributed by atoms with Crippen molar-refractivity contribution in [3.63, 3.8) is 0 Å². The summed E-state index contributed by atoms with van der Waals surface area (Å²) in [4.78, 5) is 23.3. The predicted molar refractivity (Wildman–Crippen MR) is 81.7 cm³/mol. The minimum absolute atomic E-state index is 0.0186. The first kappa shape index (κ1) is 15.0. The molecule has 0 aliphatic rings. The maximum Gasteiger partial charge on any atom is 0.251 e. The molecule has 2 rings (SSSR count). The van der Waals surface area contributed by atoms with Crippen LogP contribution in [0.4, 0.5) is 0 Å². The zero-order valence-corrected chi connectivity index (χ0v) is 12.2. The molecule has 5 heteroatoms. The number of amides is 1. The van der Waals surface area contributed by atoms with Crippen LogP contribution in [0.1, 0.15) is 29.5 Å². The van der Waals surface area contributed by atoms with Crippen molar-refractivity contribution in [3.8, 4) is 0 Å². The fourth-order valence-electron chi connectivity index (χ4n) is 2.12. The number of benzene rings is 1. The molecule has 1 heterocycles.